The number of amides is 3. The fourth-order valence-corrected chi connectivity index (χ4v) is 4.63. The Morgan fingerprint density at radius 2 is 1.80 bits per heavy atom. The third-order valence-electron chi connectivity index (χ3n) is 6.72. The van der Waals surface area contributed by atoms with Crippen molar-refractivity contribution >= 4 is 23.4 Å². The number of nitrogens with two attached hydrogens (primary N) is 2. The minimum absolute atomic E-state index is 0.0482. The van der Waals surface area contributed by atoms with Gasteiger partial charge in [-0.1, -0.05) is 6.07 Å². The smallest absolute Gasteiger partial charge is 0.416 e. The summed E-state index contributed by atoms with van der Waals surface area (Å²) in [6.45, 7) is 0.473. The van der Waals surface area contributed by atoms with E-state index in [-0.39, 0.29) is 43.4 Å². The summed E-state index contributed by atoms with van der Waals surface area (Å²) in [5.41, 5.74) is 12.7. The lowest BCUT2D eigenvalue weighted by Crippen LogP contribution is -2.28. The molecule has 0 radical (unpaired) electrons. The average molecular weight is 570 g/mol. The highest BCUT2D eigenvalue weighted by atomic mass is 19.4. The van der Waals surface area contributed by atoms with Crippen molar-refractivity contribution in [2.45, 2.75) is 45.0 Å². The number of nitrogens with one attached hydrogen (secondary N) is 2. The van der Waals surface area contributed by atoms with Gasteiger partial charge in [-0.2, -0.15) is 13.2 Å². The predicted octanol–water partition coefficient (Wildman–Crippen LogP) is 3.49. The van der Waals surface area contributed by atoms with Crippen LogP contribution in [0.3, 0.4) is 0 Å². The highest BCUT2D eigenvalue weighted by Crippen LogP contribution is 2.33. The second-order valence-electron chi connectivity index (χ2n) is 9.87. The van der Waals surface area contributed by atoms with Gasteiger partial charge in [0.1, 0.15) is 18.1 Å². The quantitative estimate of drug-likeness (QED) is 0.260. The Bertz CT molecular complexity index is 1440. The summed E-state index contributed by atoms with van der Waals surface area (Å²) >= 11 is 0. The molecule has 0 saturated heterocycles. The van der Waals surface area contributed by atoms with Crippen molar-refractivity contribution in [3.8, 4) is 5.75 Å². The summed E-state index contributed by atoms with van der Waals surface area (Å²) in [4.78, 5) is 39.3. The molecule has 2 aromatic carbocycles. The molecule has 3 amide bonds. The summed E-state index contributed by atoms with van der Waals surface area (Å²) in [6, 6.07) is 12.3. The Hall–Kier alpha value is -4.45. The maximum absolute atomic E-state index is 13.5. The molecule has 1 aromatic heterocycles. The zero-order valence-electron chi connectivity index (χ0n) is 22.1. The van der Waals surface area contributed by atoms with Crippen LogP contribution in [0.2, 0.25) is 0 Å². The molecule has 3 aromatic rings. The van der Waals surface area contributed by atoms with Gasteiger partial charge in [-0.15, -0.1) is 0 Å². The van der Waals surface area contributed by atoms with Crippen LogP contribution in [-0.4, -0.2) is 29.3 Å². The number of anilines is 1. The lowest BCUT2D eigenvalue weighted by molar-refractivity contribution is -0.137. The van der Waals surface area contributed by atoms with Crippen LogP contribution in [0.25, 0.3) is 0 Å². The van der Waals surface area contributed by atoms with E-state index in [2.05, 4.69) is 15.6 Å². The van der Waals surface area contributed by atoms with E-state index in [1.165, 1.54) is 12.3 Å². The van der Waals surface area contributed by atoms with Crippen LogP contribution in [-0.2, 0) is 41.8 Å². The van der Waals surface area contributed by atoms with Crippen molar-refractivity contribution < 1.29 is 32.3 Å². The number of hydrogen-bond acceptors (Lipinski definition) is 6. The lowest BCUT2D eigenvalue weighted by atomic mass is 9.83. The van der Waals surface area contributed by atoms with Gasteiger partial charge >= 0.3 is 6.18 Å². The first-order valence-corrected chi connectivity index (χ1v) is 13.0. The third-order valence-corrected chi connectivity index (χ3v) is 6.72. The van der Waals surface area contributed by atoms with E-state index < -0.39 is 29.5 Å². The van der Waals surface area contributed by atoms with Gasteiger partial charge in [-0.25, -0.2) is 0 Å². The molecule has 1 heterocycles. The molecule has 1 aliphatic rings. The van der Waals surface area contributed by atoms with Gasteiger partial charge in [-0.05, 0) is 84.0 Å². The minimum atomic E-state index is -4.60. The second kappa shape index (κ2) is 12.8. The lowest BCUT2D eigenvalue weighted by Gasteiger charge is -2.25. The summed E-state index contributed by atoms with van der Waals surface area (Å²) in [5, 5.41) is 5.55. The van der Waals surface area contributed by atoms with Crippen molar-refractivity contribution in [1.29, 1.82) is 0 Å². The number of nitrogens with zero attached hydrogens (tertiary/aromatic N) is 1. The monoisotopic (exact) mass is 569 g/mol. The number of pyridine rings is 1. The molecule has 1 aliphatic carbocycles. The molecule has 216 valence electrons. The summed E-state index contributed by atoms with van der Waals surface area (Å²) in [5.74, 6) is -1.39. The number of benzene rings is 2. The summed E-state index contributed by atoms with van der Waals surface area (Å²) in [7, 11) is 0. The van der Waals surface area contributed by atoms with E-state index >= 15 is 0 Å². The number of alkyl halides is 3. The first kappa shape index (κ1) is 29.5. The van der Waals surface area contributed by atoms with Crippen LogP contribution in [0.15, 0.2) is 54.7 Å². The number of aryl methyl sites for hydroxylation is 1. The third kappa shape index (κ3) is 8.27. The molecular formula is C29H30F3N5O4. The molecule has 1 unspecified atom stereocenters. The van der Waals surface area contributed by atoms with Crippen molar-refractivity contribution in [2.75, 3.05) is 11.9 Å². The Morgan fingerprint density at radius 3 is 2.54 bits per heavy atom. The van der Waals surface area contributed by atoms with Gasteiger partial charge < -0.3 is 26.8 Å². The maximum Gasteiger partial charge on any atom is 0.416 e. The highest BCUT2D eigenvalue weighted by molar-refractivity contribution is 5.93. The van der Waals surface area contributed by atoms with E-state index in [4.69, 9.17) is 16.2 Å². The fraction of sp³-hybridized carbons (Fsp3) is 0.310. The molecular weight excluding hydrogens is 539 g/mol. The molecule has 0 fully saturated rings. The molecule has 0 spiro atoms. The zero-order valence-corrected chi connectivity index (χ0v) is 22.1. The van der Waals surface area contributed by atoms with Gasteiger partial charge in [0.2, 0.25) is 11.8 Å². The SMILES string of the molecule is NC(=O)CCNCc1cc(NC(=O)C2CCc3ccc(OCc4ccnc(C(N)=O)c4)cc3C2)cc(C(F)(F)F)c1. The molecule has 41 heavy (non-hydrogen) atoms. The van der Waals surface area contributed by atoms with Crippen LogP contribution < -0.4 is 26.8 Å². The number of ether oxygens (including phenoxy) is 1. The van der Waals surface area contributed by atoms with Crippen LogP contribution in [0.1, 0.15) is 51.1 Å². The van der Waals surface area contributed by atoms with E-state index in [1.807, 2.05) is 18.2 Å². The van der Waals surface area contributed by atoms with Gasteiger partial charge in [0.15, 0.2) is 0 Å². The van der Waals surface area contributed by atoms with Gasteiger partial charge in [-0.3, -0.25) is 19.4 Å². The molecule has 12 heteroatoms. The van der Waals surface area contributed by atoms with Crippen molar-refractivity contribution in [1.82, 2.24) is 10.3 Å². The van der Waals surface area contributed by atoms with E-state index in [0.29, 0.717) is 36.1 Å². The summed E-state index contributed by atoms with van der Waals surface area (Å²) < 4.78 is 46.5. The summed E-state index contributed by atoms with van der Waals surface area (Å²) in [6.07, 6.45) is -1.48. The molecule has 1 atom stereocenters. The standard InChI is InChI=1S/C29H30F3N5O4/c30-29(31,32)22-9-18(15-35-7-6-26(33)38)10-23(14-22)37-28(40)20-2-1-19-3-4-24(13-21(19)12-20)41-16-17-5-8-36-25(11-17)27(34)39/h3-5,8-11,13-14,20,35H,1-2,6-7,12,15-16H2,(H2,33,38)(H2,34,39)(H,37,40). The van der Waals surface area contributed by atoms with Gasteiger partial charge in [0.05, 0.1) is 5.56 Å². The number of primary amides is 2. The van der Waals surface area contributed by atoms with Crippen LogP contribution >= 0.6 is 0 Å². The first-order chi connectivity index (χ1) is 19.5. The minimum Gasteiger partial charge on any atom is -0.489 e. The Kier molecular flexibility index (Phi) is 9.23. The molecule has 0 saturated carbocycles. The van der Waals surface area contributed by atoms with Crippen LogP contribution in [0.5, 0.6) is 5.75 Å². The van der Waals surface area contributed by atoms with E-state index in [9.17, 15) is 27.6 Å². The normalized spacial score (nSPS) is 14.7. The van der Waals surface area contributed by atoms with Gasteiger partial charge in [0, 0.05) is 37.3 Å². The molecule has 4 rings (SSSR count). The maximum atomic E-state index is 13.5. The molecule has 0 bridgehead atoms. The van der Waals surface area contributed by atoms with Crippen LogP contribution in [0.4, 0.5) is 18.9 Å². The van der Waals surface area contributed by atoms with E-state index in [0.717, 1.165) is 23.3 Å². The fourth-order valence-electron chi connectivity index (χ4n) is 4.63. The topological polar surface area (TPSA) is 149 Å². The highest BCUT2D eigenvalue weighted by Gasteiger charge is 2.32. The predicted molar refractivity (Wildman–Crippen MR) is 145 cm³/mol. The first-order valence-electron chi connectivity index (χ1n) is 13.0. The van der Waals surface area contributed by atoms with Gasteiger partial charge in [0.25, 0.3) is 5.91 Å². The largest absolute Gasteiger partial charge is 0.489 e. The molecule has 9 nitrogen and oxygen atoms in total. The van der Waals surface area contributed by atoms with Crippen LogP contribution in [0, 0.1) is 5.92 Å². The number of fused-ring (bicyclic) bond motifs is 1. The Morgan fingerprint density at radius 1 is 1.00 bits per heavy atom. The Balaban J connectivity index is 1.42. The number of hydrogen-bond donors (Lipinski definition) is 4. The van der Waals surface area contributed by atoms with Crippen molar-refractivity contribution in [3.05, 3.63) is 88.2 Å². The molecule has 6 N–H and O–H groups in total. The van der Waals surface area contributed by atoms with Crippen molar-refractivity contribution in [2.24, 2.45) is 17.4 Å². The number of halogens is 3. The second-order valence-corrected chi connectivity index (χ2v) is 9.87. The number of carbonyl (C=O) groups excluding carboxylic acids is 3. The average Bonchev–Trinajstić information content (AvgIpc) is 2.93. The number of rotatable bonds is 11. The number of carbonyl (C=O) groups is 3. The Labute approximate surface area is 234 Å². The zero-order chi connectivity index (χ0) is 29.6. The number of aromatic nitrogens is 1. The molecule has 0 aliphatic heterocycles. The van der Waals surface area contributed by atoms with Crippen molar-refractivity contribution in [3.63, 3.8) is 0 Å². The van der Waals surface area contributed by atoms with E-state index in [1.54, 1.807) is 12.1 Å².